The van der Waals surface area contributed by atoms with Crippen molar-refractivity contribution in [2.75, 3.05) is 31.1 Å². The fourth-order valence-electron chi connectivity index (χ4n) is 4.28. The number of piperazine rings is 1. The molecule has 2 fully saturated rings. The minimum Gasteiger partial charge on any atom is -0.368 e. The first-order valence-corrected chi connectivity index (χ1v) is 9.34. The van der Waals surface area contributed by atoms with Gasteiger partial charge in [0.25, 0.3) is 11.8 Å². The summed E-state index contributed by atoms with van der Waals surface area (Å²) in [5.41, 5.74) is 2.03. The smallest absolute Gasteiger partial charge is 0.278 e. The van der Waals surface area contributed by atoms with Crippen molar-refractivity contribution in [2.24, 2.45) is 0 Å². The third kappa shape index (κ3) is 2.73. The highest BCUT2D eigenvalue weighted by atomic mass is 16.2. The Morgan fingerprint density at radius 2 is 1.92 bits per heavy atom. The number of nitrogens with zero attached hydrogens (tertiary/aromatic N) is 3. The van der Waals surface area contributed by atoms with Crippen molar-refractivity contribution >= 4 is 17.5 Å². The molecule has 0 radical (unpaired) electrons. The molecule has 2 saturated heterocycles. The van der Waals surface area contributed by atoms with Crippen LogP contribution in [0.2, 0.25) is 0 Å². The number of benzene rings is 1. The van der Waals surface area contributed by atoms with E-state index in [-0.39, 0.29) is 17.9 Å². The largest absolute Gasteiger partial charge is 0.368 e. The second kappa shape index (κ2) is 6.42. The van der Waals surface area contributed by atoms with E-state index in [2.05, 4.69) is 24.1 Å². The van der Waals surface area contributed by atoms with Gasteiger partial charge in [-0.2, -0.15) is 0 Å². The Morgan fingerprint density at radius 3 is 2.68 bits per heavy atom. The van der Waals surface area contributed by atoms with Crippen molar-refractivity contribution in [1.29, 1.82) is 0 Å². The van der Waals surface area contributed by atoms with Crippen molar-refractivity contribution in [1.82, 2.24) is 15.3 Å². The average molecular weight is 342 g/mol. The first-order chi connectivity index (χ1) is 12.1. The molecule has 0 spiro atoms. The number of rotatable bonds is 2. The highest BCUT2D eigenvalue weighted by molar-refractivity contribution is 6.23. The van der Waals surface area contributed by atoms with E-state index >= 15 is 0 Å². The molecule has 2 amide bonds. The first-order valence-electron chi connectivity index (χ1n) is 9.34. The van der Waals surface area contributed by atoms with E-state index in [0.717, 1.165) is 51.1 Å². The van der Waals surface area contributed by atoms with Gasteiger partial charge in [0.2, 0.25) is 0 Å². The molecule has 134 valence electrons. The van der Waals surface area contributed by atoms with E-state index in [4.69, 9.17) is 0 Å². The Bertz CT molecular complexity index is 705. The molecule has 1 N–H and O–H groups in total. The number of carbonyl (C=O) groups excluding carboxylic acids is 2. The summed E-state index contributed by atoms with van der Waals surface area (Å²) >= 11 is 0. The van der Waals surface area contributed by atoms with Crippen molar-refractivity contribution in [3.63, 3.8) is 0 Å². The monoisotopic (exact) mass is 342 g/mol. The molecule has 6 nitrogen and oxygen atoms in total. The third-order valence-corrected chi connectivity index (χ3v) is 5.61. The average Bonchev–Trinajstić information content (AvgIpc) is 2.87. The summed E-state index contributed by atoms with van der Waals surface area (Å²) in [6.07, 6.45) is 3.21. The third-order valence-electron chi connectivity index (χ3n) is 5.61. The number of piperidine rings is 1. The summed E-state index contributed by atoms with van der Waals surface area (Å²) in [6.45, 7) is 7.60. The van der Waals surface area contributed by atoms with E-state index in [1.807, 2.05) is 17.1 Å². The summed E-state index contributed by atoms with van der Waals surface area (Å²) in [7, 11) is 0. The van der Waals surface area contributed by atoms with Gasteiger partial charge in [-0.3, -0.25) is 9.59 Å². The molecular weight excluding hydrogens is 316 g/mol. The number of hydrogen-bond acceptors (Lipinski definition) is 5. The van der Waals surface area contributed by atoms with Gasteiger partial charge < -0.3 is 10.2 Å². The maximum atomic E-state index is 13.2. The lowest BCUT2D eigenvalue weighted by atomic mass is 10.1. The Labute approximate surface area is 148 Å². The molecule has 4 rings (SSSR count). The van der Waals surface area contributed by atoms with Crippen LogP contribution in [0.5, 0.6) is 0 Å². The van der Waals surface area contributed by atoms with Crippen LogP contribution in [-0.4, -0.2) is 60.1 Å². The van der Waals surface area contributed by atoms with Crippen molar-refractivity contribution in [2.45, 2.75) is 45.2 Å². The van der Waals surface area contributed by atoms with Crippen LogP contribution in [0, 0.1) is 0 Å². The Balaban J connectivity index is 1.70. The molecule has 0 bridgehead atoms. The van der Waals surface area contributed by atoms with Crippen LogP contribution in [0.4, 0.5) is 5.69 Å². The molecule has 2 unspecified atom stereocenters. The van der Waals surface area contributed by atoms with Gasteiger partial charge in [-0.15, -0.1) is 0 Å². The number of hydrazine groups is 1. The number of anilines is 1. The summed E-state index contributed by atoms with van der Waals surface area (Å²) < 4.78 is 0. The number of nitrogens with one attached hydrogen (secondary N) is 1. The first kappa shape index (κ1) is 16.5. The zero-order valence-corrected chi connectivity index (χ0v) is 15.0. The summed E-state index contributed by atoms with van der Waals surface area (Å²) in [5, 5.41) is 6.80. The fourth-order valence-corrected chi connectivity index (χ4v) is 4.28. The number of carbonyl (C=O) groups is 2. The molecule has 2 atom stereocenters. The van der Waals surface area contributed by atoms with Crippen LogP contribution in [0.25, 0.3) is 0 Å². The molecule has 0 aromatic heterocycles. The molecule has 3 aliphatic heterocycles. The fraction of sp³-hybridized carbons (Fsp3) is 0.579. The Morgan fingerprint density at radius 1 is 1.08 bits per heavy atom. The zero-order chi connectivity index (χ0) is 17.6. The van der Waals surface area contributed by atoms with Gasteiger partial charge in [0, 0.05) is 38.3 Å². The van der Waals surface area contributed by atoms with E-state index in [0.29, 0.717) is 17.2 Å². The number of amides is 2. The molecule has 0 saturated carbocycles. The summed E-state index contributed by atoms with van der Waals surface area (Å²) in [6, 6.07) is 6.26. The quantitative estimate of drug-likeness (QED) is 0.832. The number of fused-ring (bicyclic) bond motifs is 1. The molecule has 3 heterocycles. The van der Waals surface area contributed by atoms with Crippen LogP contribution < -0.4 is 10.2 Å². The predicted molar refractivity (Wildman–Crippen MR) is 96.6 cm³/mol. The molecule has 1 aromatic rings. The van der Waals surface area contributed by atoms with E-state index in [1.54, 1.807) is 6.07 Å². The SMILES string of the molecule is CC1CN(c2cccc3c2C(=O)N(N2CCCCC2C)C3=O)CCN1. The van der Waals surface area contributed by atoms with Crippen molar-refractivity contribution in [3.05, 3.63) is 29.3 Å². The highest BCUT2D eigenvalue weighted by Crippen LogP contribution is 2.34. The molecule has 3 aliphatic rings. The lowest BCUT2D eigenvalue weighted by Crippen LogP contribution is -2.53. The normalized spacial score (nSPS) is 27.8. The molecule has 6 heteroatoms. The maximum Gasteiger partial charge on any atom is 0.278 e. The van der Waals surface area contributed by atoms with Gasteiger partial charge in [0.1, 0.15) is 0 Å². The second-order valence-electron chi connectivity index (χ2n) is 7.43. The van der Waals surface area contributed by atoms with Crippen molar-refractivity contribution < 1.29 is 9.59 Å². The molecule has 0 aliphatic carbocycles. The topological polar surface area (TPSA) is 55.9 Å². The predicted octanol–water partition coefficient (Wildman–Crippen LogP) is 1.87. The highest BCUT2D eigenvalue weighted by Gasteiger charge is 2.43. The van der Waals surface area contributed by atoms with E-state index in [9.17, 15) is 9.59 Å². The van der Waals surface area contributed by atoms with E-state index < -0.39 is 0 Å². The van der Waals surface area contributed by atoms with E-state index in [1.165, 1.54) is 5.01 Å². The zero-order valence-electron chi connectivity index (χ0n) is 15.0. The standard InChI is InChI=1S/C19H26N4O2/c1-13-12-21(11-9-20-13)16-8-5-7-15-17(16)19(25)23(18(15)24)22-10-4-3-6-14(22)2/h5,7-8,13-14,20H,3-4,6,9-12H2,1-2H3. The molecule has 1 aromatic carbocycles. The minimum atomic E-state index is -0.168. The number of imide groups is 1. The second-order valence-corrected chi connectivity index (χ2v) is 7.43. The van der Waals surface area contributed by atoms with Crippen LogP contribution in [-0.2, 0) is 0 Å². The van der Waals surface area contributed by atoms with Gasteiger partial charge >= 0.3 is 0 Å². The van der Waals surface area contributed by atoms with Crippen LogP contribution in [0.3, 0.4) is 0 Å². The summed E-state index contributed by atoms with van der Waals surface area (Å²) in [4.78, 5) is 28.4. The Hall–Kier alpha value is -1.92. The van der Waals surface area contributed by atoms with Crippen LogP contribution in [0.15, 0.2) is 18.2 Å². The van der Waals surface area contributed by atoms with Gasteiger partial charge in [-0.05, 0) is 38.8 Å². The lowest BCUT2D eigenvalue weighted by molar-refractivity contribution is -0.0300. The van der Waals surface area contributed by atoms with Crippen LogP contribution in [0.1, 0.15) is 53.8 Å². The Kier molecular flexibility index (Phi) is 4.25. The van der Waals surface area contributed by atoms with Gasteiger partial charge in [-0.25, -0.2) is 10.0 Å². The molecular formula is C19H26N4O2. The maximum absolute atomic E-state index is 13.2. The minimum absolute atomic E-state index is 0.157. The molecule has 25 heavy (non-hydrogen) atoms. The number of hydrogen-bond donors (Lipinski definition) is 1. The van der Waals surface area contributed by atoms with Crippen LogP contribution >= 0.6 is 0 Å². The lowest BCUT2D eigenvalue weighted by Gasteiger charge is -2.38. The van der Waals surface area contributed by atoms with Gasteiger partial charge in [0.05, 0.1) is 16.8 Å². The van der Waals surface area contributed by atoms with Gasteiger partial charge in [0.15, 0.2) is 0 Å². The van der Waals surface area contributed by atoms with Crippen molar-refractivity contribution in [3.8, 4) is 0 Å². The van der Waals surface area contributed by atoms with Gasteiger partial charge in [-0.1, -0.05) is 12.5 Å². The summed E-state index contributed by atoms with van der Waals surface area (Å²) in [5.74, 6) is -0.325.